The Hall–Kier alpha value is -2.69. The van der Waals surface area contributed by atoms with E-state index in [2.05, 4.69) is 10.3 Å². The van der Waals surface area contributed by atoms with Crippen LogP contribution in [0.2, 0.25) is 0 Å². The lowest BCUT2D eigenvalue weighted by molar-refractivity contribution is 0.0946. The van der Waals surface area contributed by atoms with Crippen LogP contribution < -0.4 is 5.32 Å². The first-order valence-electron chi connectivity index (χ1n) is 6.85. The fraction of sp³-hybridized carbons (Fsp3) is 0.118. The molecule has 1 heterocycles. The van der Waals surface area contributed by atoms with Crippen LogP contribution in [0.4, 0.5) is 8.78 Å². The van der Waals surface area contributed by atoms with Gasteiger partial charge in [-0.25, -0.2) is 8.78 Å². The van der Waals surface area contributed by atoms with Gasteiger partial charge in [0.05, 0.1) is 0 Å². The Balaban J connectivity index is 1.80. The van der Waals surface area contributed by atoms with Crippen molar-refractivity contribution in [3.8, 4) is 0 Å². The van der Waals surface area contributed by atoms with Gasteiger partial charge in [0.25, 0.3) is 5.91 Å². The Bertz CT molecular complexity index is 838. The molecule has 0 saturated carbocycles. The number of hydrogen-bond acceptors (Lipinski definition) is 1. The highest BCUT2D eigenvalue weighted by Gasteiger charge is 2.14. The molecule has 3 rings (SSSR count). The third kappa shape index (κ3) is 2.70. The molecule has 1 amide bonds. The summed E-state index contributed by atoms with van der Waals surface area (Å²) in [5.41, 5.74) is 2.62. The second-order valence-corrected chi connectivity index (χ2v) is 5.12. The van der Waals surface area contributed by atoms with Crippen LogP contribution in [0.3, 0.4) is 0 Å². The molecule has 0 spiro atoms. The summed E-state index contributed by atoms with van der Waals surface area (Å²) in [6.07, 6.45) is 0. The largest absolute Gasteiger partial charge is 0.350 e. The molecule has 0 fully saturated rings. The van der Waals surface area contributed by atoms with E-state index in [4.69, 9.17) is 0 Å². The van der Waals surface area contributed by atoms with Crippen LogP contribution in [0.1, 0.15) is 21.6 Å². The summed E-state index contributed by atoms with van der Waals surface area (Å²) >= 11 is 0. The van der Waals surface area contributed by atoms with Crippen LogP contribution in [0.5, 0.6) is 0 Å². The molecule has 0 aliphatic carbocycles. The van der Waals surface area contributed by atoms with Gasteiger partial charge in [0, 0.05) is 17.4 Å². The predicted octanol–water partition coefficient (Wildman–Crippen LogP) is 3.68. The van der Waals surface area contributed by atoms with E-state index in [1.165, 1.54) is 24.3 Å². The number of H-pyrrole nitrogens is 1. The minimum Gasteiger partial charge on any atom is -0.350 e. The molecular weight excluding hydrogens is 286 g/mol. The third-order valence-corrected chi connectivity index (χ3v) is 3.61. The molecular formula is C17H14F2N2O. The van der Waals surface area contributed by atoms with Crippen LogP contribution >= 0.6 is 0 Å². The molecule has 0 unspecified atom stereocenters. The Morgan fingerprint density at radius 2 is 1.77 bits per heavy atom. The van der Waals surface area contributed by atoms with Crippen molar-refractivity contribution >= 4 is 16.8 Å². The van der Waals surface area contributed by atoms with Gasteiger partial charge in [-0.3, -0.25) is 4.79 Å². The normalized spacial score (nSPS) is 10.9. The van der Waals surface area contributed by atoms with E-state index in [9.17, 15) is 13.6 Å². The minimum atomic E-state index is -0.340. The number of aromatic amines is 1. The Kier molecular flexibility index (Phi) is 3.63. The van der Waals surface area contributed by atoms with Crippen LogP contribution in [0.15, 0.2) is 42.5 Å². The molecule has 0 atom stereocenters. The van der Waals surface area contributed by atoms with E-state index in [0.717, 1.165) is 5.56 Å². The van der Waals surface area contributed by atoms with Crippen LogP contribution in [0, 0.1) is 18.6 Å². The average Bonchev–Trinajstić information content (AvgIpc) is 2.83. The van der Waals surface area contributed by atoms with Crippen molar-refractivity contribution in [2.24, 2.45) is 0 Å². The first kappa shape index (κ1) is 14.3. The summed E-state index contributed by atoms with van der Waals surface area (Å²) < 4.78 is 26.1. The molecule has 0 radical (unpaired) electrons. The maximum atomic E-state index is 13.3. The van der Waals surface area contributed by atoms with E-state index in [1.54, 1.807) is 25.1 Å². The molecule has 0 aliphatic heterocycles. The van der Waals surface area contributed by atoms with E-state index in [0.29, 0.717) is 28.7 Å². The van der Waals surface area contributed by atoms with Crippen molar-refractivity contribution < 1.29 is 13.6 Å². The fourth-order valence-electron chi connectivity index (χ4n) is 2.40. The highest BCUT2D eigenvalue weighted by atomic mass is 19.1. The Morgan fingerprint density at radius 1 is 1.09 bits per heavy atom. The number of hydrogen-bond donors (Lipinski definition) is 2. The van der Waals surface area contributed by atoms with Crippen LogP contribution in [-0.2, 0) is 6.54 Å². The molecule has 3 aromatic rings. The standard InChI is InChI=1S/C17H14F2N2O/c1-10-14-8-13(19)6-7-15(14)21-16(10)17(22)20-9-11-2-4-12(18)5-3-11/h2-8,21H,9H2,1H3,(H,20,22). The van der Waals surface area contributed by atoms with Crippen LogP contribution in [0.25, 0.3) is 10.9 Å². The molecule has 2 N–H and O–H groups in total. The maximum absolute atomic E-state index is 13.3. The lowest BCUT2D eigenvalue weighted by Gasteiger charge is -2.05. The van der Waals surface area contributed by atoms with Gasteiger partial charge in [0.2, 0.25) is 0 Å². The molecule has 1 aromatic heterocycles. The van der Waals surface area contributed by atoms with Gasteiger partial charge < -0.3 is 10.3 Å². The molecule has 0 bridgehead atoms. The number of halogens is 2. The zero-order valence-corrected chi connectivity index (χ0v) is 11.9. The third-order valence-electron chi connectivity index (χ3n) is 3.61. The van der Waals surface area contributed by atoms with E-state index in [-0.39, 0.29) is 17.5 Å². The van der Waals surface area contributed by atoms with Gasteiger partial charge in [-0.05, 0) is 48.4 Å². The van der Waals surface area contributed by atoms with E-state index >= 15 is 0 Å². The maximum Gasteiger partial charge on any atom is 0.268 e. The zero-order valence-electron chi connectivity index (χ0n) is 11.9. The van der Waals surface area contributed by atoms with Gasteiger partial charge in [0.15, 0.2) is 0 Å². The summed E-state index contributed by atoms with van der Waals surface area (Å²) in [5.74, 6) is -0.935. The number of benzene rings is 2. The molecule has 112 valence electrons. The first-order valence-corrected chi connectivity index (χ1v) is 6.85. The molecule has 22 heavy (non-hydrogen) atoms. The van der Waals surface area contributed by atoms with E-state index in [1.807, 2.05) is 0 Å². The smallest absolute Gasteiger partial charge is 0.268 e. The zero-order chi connectivity index (χ0) is 15.7. The van der Waals surface area contributed by atoms with Crippen molar-refractivity contribution in [3.63, 3.8) is 0 Å². The number of carbonyl (C=O) groups is 1. The van der Waals surface area contributed by atoms with Crippen molar-refractivity contribution in [3.05, 3.63) is 70.9 Å². The summed E-state index contributed by atoms with van der Waals surface area (Å²) in [6.45, 7) is 2.06. The second kappa shape index (κ2) is 5.60. The number of carbonyl (C=O) groups excluding carboxylic acids is 1. The quantitative estimate of drug-likeness (QED) is 0.761. The number of rotatable bonds is 3. The second-order valence-electron chi connectivity index (χ2n) is 5.12. The van der Waals surface area contributed by atoms with Gasteiger partial charge in [0.1, 0.15) is 17.3 Å². The van der Waals surface area contributed by atoms with Crippen molar-refractivity contribution in [2.75, 3.05) is 0 Å². The molecule has 0 saturated heterocycles. The van der Waals surface area contributed by atoms with E-state index < -0.39 is 0 Å². The van der Waals surface area contributed by atoms with Gasteiger partial charge in [-0.2, -0.15) is 0 Å². The van der Waals surface area contributed by atoms with Gasteiger partial charge in [-0.1, -0.05) is 12.1 Å². The summed E-state index contributed by atoms with van der Waals surface area (Å²) in [4.78, 5) is 15.2. The van der Waals surface area contributed by atoms with Crippen molar-refractivity contribution in [2.45, 2.75) is 13.5 Å². The highest BCUT2D eigenvalue weighted by Crippen LogP contribution is 2.22. The molecule has 5 heteroatoms. The minimum absolute atomic E-state index is 0.279. The van der Waals surface area contributed by atoms with Crippen molar-refractivity contribution in [1.29, 1.82) is 0 Å². The molecule has 0 aliphatic rings. The highest BCUT2D eigenvalue weighted by molar-refractivity contribution is 6.00. The van der Waals surface area contributed by atoms with Crippen molar-refractivity contribution in [1.82, 2.24) is 10.3 Å². The topological polar surface area (TPSA) is 44.9 Å². The van der Waals surface area contributed by atoms with Gasteiger partial charge in [-0.15, -0.1) is 0 Å². The first-order chi connectivity index (χ1) is 10.5. The van der Waals surface area contributed by atoms with Gasteiger partial charge >= 0.3 is 0 Å². The average molecular weight is 300 g/mol. The number of nitrogens with one attached hydrogen (secondary N) is 2. The van der Waals surface area contributed by atoms with Crippen LogP contribution in [-0.4, -0.2) is 10.9 Å². The SMILES string of the molecule is Cc1c(C(=O)NCc2ccc(F)cc2)[nH]c2ccc(F)cc12. The Labute approximate surface area is 126 Å². The molecule has 2 aromatic carbocycles. The Morgan fingerprint density at radius 3 is 2.50 bits per heavy atom. The lowest BCUT2D eigenvalue weighted by Crippen LogP contribution is -2.23. The number of aryl methyl sites for hydroxylation is 1. The summed E-state index contributed by atoms with van der Waals surface area (Å²) in [7, 11) is 0. The summed E-state index contributed by atoms with van der Waals surface area (Å²) in [5, 5.41) is 3.45. The summed E-state index contributed by atoms with van der Waals surface area (Å²) in [6, 6.07) is 10.3. The monoisotopic (exact) mass is 300 g/mol. The molecule has 3 nitrogen and oxygen atoms in total. The lowest BCUT2D eigenvalue weighted by atomic mass is 10.1. The predicted molar refractivity (Wildman–Crippen MR) is 80.6 cm³/mol. The fourth-order valence-corrected chi connectivity index (χ4v) is 2.40. The number of fused-ring (bicyclic) bond motifs is 1. The number of amides is 1. The number of aromatic nitrogens is 1.